The molecule has 2 aromatic carbocycles. The van der Waals surface area contributed by atoms with Crippen LogP contribution in [0, 0.1) is 5.82 Å². The smallest absolute Gasteiger partial charge is 0.327 e. The van der Waals surface area contributed by atoms with Crippen LogP contribution in [-0.2, 0) is 16.1 Å². The Labute approximate surface area is 184 Å². The lowest BCUT2D eigenvalue weighted by Gasteiger charge is -2.37. The fourth-order valence-electron chi connectivity index (χ4n) is 3.69. The number of rotatable bonds is 6. The Hall–Kier alpha value is -2.81. The van der Waals surface area contributed by atoms with Crippen LogP contribution < -0.4 is 0 Å². The largest absolute Gasteiger partial charge is 0.468 e. The van der Waals surface area contributed by atoms with Gasteiger partial charge in [0, 0.05) is 36.8 Å². The molecule has 0 amide bonds. The predicted molar refractivity (Wildman–Crippen MR) is 113 cm³/mol. The molecule has 0 aliphatic carbocycles. The average Bonchev–Trinajstić information content (AvgIpc) is 3.25. The quantitative estimate of drug-likeness (QED) is 0.538. The second-order valence-corrected chi connectivity index (χ2v) is 7.69. The number of nitrogens with zero attached hydrogens (tertiary/aromatic N) is 4. The minimum Gasteiger partial charge on any atom is -0.468 e. The molecule has 162 valence electrons. The number of benzene rings is 2. The van der Waals surface area contributed by atoms with Gasteiger partial charge in [-0.05, 0) is 35.9 Å². The van der Waals surface area contributed by atoms with Crippen LogP contribution in [0.5, 0.6) is 0 Å². The van der Waals surface area contributed by atoms with Crippen molar-refractivity contribution in [3.05, 3.63) is 70.8 Å². The molecule has 1 unspecified atom stereocenters. The molecule has 4 rings (SSSR count). The van der Waals surface area contributed by atoms with Gasteiger partial charge in [-0.2, -0.15) is 4.98 Å². The van der Waals surface area contributed by atoms with Crippen LogP contribution in [0.15, 0.2) is 53.1 Å². The number of aromatic nitrogens is 2. The summed E-state index contributed by atoms with van der Waals surface area (Å²) in [4.78, 5) is 21.2. The lowest BCUT2D eigenvalue weighted by atomic mass is 10.0. The number of hydrogen-bond donors (Lipinski definition) is 0. The second kappa shape index (κ2) is 9.55. The molecule has 31 heavy (non-hydrogen) atoms. The Morgan fingerprint density at radius 3 is 2.55 bits per heavy atom. The fraction of sp³-hybridized carbons (Fsp3) is 0.318. The molecule has 1 aliphatic heterocycles. The van der Waals surface area contributed by atoms with Gasteiger partial charge in [0.25, 0.3) is 0 Å². The first-order chi connectivity index (χ1) is 15.0. The Balaban J connectivity index is 1.39. The summed E-state index contributed by atoms with van der Waals surface area (Å²) in [7, 11) is 1.39. The highest BCUT2D eigenvalue weighted by atomic mass is 35.5. The van der Waals surface area contributed by atoms with E-state index in [1.807, 2.05) is 18.2 Å². The van der Waals surface area contributed by atoms with Crippen LogP contribution in [0.25, 0.3) is 11.4 Å². The standard InChI is InChI=1S/C22H22ClFN4O3/c1-30-22(29)20(17-4-2-3-5-18(17)23)28-12-10-27(11-13-28)14-19-25-21(26-31-19)15-6-8-16(24)9-7-15/h2-9,20H,10-14H2,1H3. The van der Waals surface area contributed by atoms with Gasteiger partial charge >= 0.3 is 5.97 Å². The highest BCUT2D eigenvalue weighted by Crippen LogP contribution is 2.29. The van der Waals surface area contributed by atoms with Gasteiger partial charge in [0.1, 0.15) is 11.9 Å². The Morgan fingerprint density at radius 2 is 1.87 bits per heavy atom. The van der Waals surface area contributed by atoms with Crippen LogP contribution in [0.1, 0.15) is 17.5 Å². The number of hydrogen-bond acceptors (Lipinski definition) is 7. The molecule has 1 aliphatic rings. The molecular formula is C22H22ClFN4O3. The van der Waals surface area contributed by atoms with Crippen molar-refractivity contribution in [2.75, 3.05) is 33.3 Å². The molecule has 0 saturated carbocycles. The molecule has 0 N–H and O–H groups in total. The van der Waals surface area contributed by atoms with E-state index in [2.05, 4.69) is 19.9 Å². The molecule has 3 aromatic rings. The van der Waals surface area contributed by atoms with E-state index in [1.165, 1.54) is 19.2 Å². The van der Waals surface area contributed by atoms with Gasteiger partial charge < -0.3 is 9.26 Å². The molecule has 0 radical (unpaired) electrons. The summed E-state index contributed by atoms with van der Waals surface area (Å²) in [5.74, 6) is 0.274. The van der Waals surface area contributed by atoms with Gasteiger partial charge in [-0.3, -0.25) is 9.80 Å². The molecule has 1 fully saturated rings. The van der Waals surface area contributed by atoms with E-state index in [4.69, 9.17) is 20.9 Å². The summed E-state index contributed by atoms with van der Waals surface area (Å²) in [6.07, 6.45) is 0. The maximum absolute atomic E-state index is 13.1. The van der Waals surface area contributed by atoms with Gasteiger partial charge in [-0.25, -0.2) is 9.18 Å². The first kappa shape index (κ1) is 21.4. The fourth-order valence-corrected chi connectivity index (χ4v) is 3.93. The molecule has 0 spiro atoms. The Morgan fingerprint density at radius 1 is 1.16 bits per heavy atom. The highest BCUT2D eigenvalue weighted by molar-refractivity contribution is 6.31. The number of carbonyl (C=O) groups is 1. The lowest BCUT2D eigenvalue weighted by molar-refractivity contribution is -0.148. The van der Waals surface area contributed by atoms with Crippen molar-refractivity contribution in [2.24, 2.45) is 0 Å². The number of carbonyl (C=O) groups excluding carboxylic acids is 1. The second-order valence-electron chi connectivity index (χ2n) is 7.28. The van der Waals surface area contributed by atoms with Crippen LogP contribution in [0.2, 0.25) is 5.02 Å². The van der Waals surface area contributed by atoms with Crippen LogP contribution in [0.4, 0.5) is 4.39 Å². The van der Waals surface area contributed by atoms with Gasteiger partial charge in [-0.15, -0.1) is 0 Å². The summed E-state index contributed by atoms with van der Waals surface area (Å²) in [5, 5.41) is 4.53. The third-order valence-electron chi connectivity index (χ3n) is 5.33. The van der Waals surface area contributed by atoms with E-state index in [9.17, 15) is 9.18 Å². The first-order valence-corrected chi connectivity index (χ1v) is 10.3. The molecule has 7 nitrogen and oxygen atoms in total. The Kier molecular flexibility index (Phi) is 6.60. The maximum atomic E-state index is 13.1. The number of piperazine rings is 1. The van der Waals surface area contributed by atoms with E-state index < -0.39 is 6.04 Å². The van der Waals surface area contributed by atoms with E-state index >= 15 is 0 Å². The molecular weight excluding hydrogens is 423 g/mol. The van der Waals surface area contributed by atoms with E-state index in [0.717, 1.165) is 5.56 Å². The van der Waals surface area contributed by atoms with Crippen LogP contribution >= 0.6 is 11.6 Å². The van der Waals surface area contributed by atoms with Crippen molar-refractivity contribution in [3.63, 3.8) is 0 Å². The molecule has 1 aromatic heterocycles. The van der Waals surface area contributed by atoms with Crippen LogP contribution in [-0.4, -0.2) is 59.2 Å². The lowest BCUT2D eigenvalue weighted by Crippen LogP contribution is -2.49. The van der Waals surface area contributed by atoms with Gasteiger partial charge in [0.05, 0.1) is 13.7 Å². The number of halogens is 2. The van der Waals surface area contributed by atoms with Crippen molar-refractivity contribution < 1.29 is 18.4 Å². The summed E-state index contributed by atoms with van der Waals surface area (Å²) in [6, 6.07) is 12.7. The summed E-state index contributed by atoms with van der Waals surface area (Å²) >= 11 is 6.34. The van der Waals surface area contributed by atoms with Crippen LogP contribution in [0.3, 0.4) is 0 Å². The SMILES string of the molecule is COC(=O)C(c1ccccc1Cl)N1CCN(Cc2nc(-c3ccc(F)cc3)no2)CC1. The summed E-state index contributed by atoms with van der Waals surface area (Å²) in [6.45, 7) is 3.24. The van der Waals surface area contributed by atoms with E-state index in [-0.39, 0.29) is 11.8 Å². The average molecular weight is 445 g/mol. The maximum Gasteiger partial charge on any atom is 0.327 e. The zero-order chi connectivity index (χ0) is 21.8. The summed E-state index contributed by atoms with van der Waals surface area (Å²) in [5.41, 5.74) is 1.44. The van der Waals surface area contributed by atoms with E-state index in [1.54, 1.807) is 18.2 Å². The topological polar surface area (TPSA) is 71.7 Å². The van der Waals surface area contributed by atoms with Crippen molar-refractivity contribution in [2.45, 2.75) is 12.6 Å². The third kappa shape index (κ3) is 4.92. The number of methoxy groups -OCH3 is 1. The molecule has 9 heteroatoms. The highest BCUT2D eigenvalue weighted by Gasteiger charge is 2.32. The number of esters is 1. The van der Waals surface area contributed by atoms with Crippen molar-refractivity contribution in [3.8, 4) is 11.4 Å². The zero-order valence-corrected chi connectivity index (χ0v) is 17.8. The molecule has 2 heterocycles. The van der Waals surface area contributed by atoms with Crippen molar-refractivity contribution >= 4 is 17.6 Å². The number of ether oxygens (including phenoxy) is 1. The molecule has 1 atom stereocenters. The predicted octanol–water partition coefficient (Wildman–Crippen LogP) is 3.56. The molecule has 0 bridgehead atoms. The van der Waals surface area contributed by atoms with Gasteiger partial charge in [0.2, 0.25) is 11.7 Å². The first-order valence-electron chi connectivity index (χ1n) is 9.92. The van der Waals surface area contributed by atoms with E-state index in [0.29, 0.717) is 55.0 Å². The minimum atomic E-state index is -0.547. The zero-order valence-electron chi connectivity index (χ0n) is 17.0. The molecule has 1 saturated heterocycles. The summed E-state index contributed by atoms with van der Waals surface area (Å²) < 4.78 is 23.5. The van der Waals surface area contributed by atoms with Crippen molar-refractivity contribution in [1.82, 2.24) is 19.9 Å². The Bertz CT molecular complexity index is 1040. The normalized spacial score (nSPS) is 16.2. The van der Waals surface area contributed by atoms with Crippen molar-refractivity contribution in [1.29, 1.82) is 0 Å². The van der Waals surface area contributed by atoms with Gasteiger partial charge in [-0.1, -0.05) is 35.0 Å². The third-order valence-corrected chi connectivity index (χ3v) is 5.67. The van der Waals surface area contributed by atoms with Gasteiger partial charge in [0.15, 0.2) is 0 Å². The minimum absolute atomic E-state index is 0.313. The monoisotopic (exact) mass is 444 g/mol.